The molecule has 2 nitrogen and oxygen atoms in total. The van der Waals surface area contributed by atoms with E-state index in [0.29, 0.717) is 16.2 Å². The van der Waals surface area contributed by atoms with Crippen LogP contribution in [0.1, 0.15) is 0 Å². The van der Waals surface area contributed by atoms with Crippen LogP contribution in [0.25, 0.3) is 10.8 Å². The van der Waals surface area contributed by atoms with Crippen LogP contribution in [-0.2, 0) is 0 Å². The van der Waals surface area contributed by atoms with Gasteiger partial charge in [-0.25, -0.2) is 0 Å². The Bertz CT molecular complexity index is 472. The van der Waals surface area contributed by atoms with Gasteiger partial charge in [0.2, 0.25) is 0 Å². The summed E-state index contributed by atoms with van der Waals surface area (Å²) >= 11 is 5.98. The first kappa shape index (κ1) is 9.16. The third-order valence-electron chi connectivity index (χ3n) is 2.15. The standard InChI is InChI=1S/C11H9ClO2/c1-14-10-6-5-9(13)11-7(10)3-2-4-8(11)12/h2-6,13H,1H3. The Balaban J connectivity index is 2.91. The number of methoxy groups -OCH3 is 1. The second-order valence-corrected chi connectivity index (χ2v) is 3.36. The van der Waals surface area contributed by atoms with Crippen LogP contribution in [0, 0.1) is 0 Å². The molecular weight excluding hydrogens is 200 g/mol. The number of halogens is 1. The molecule has 0 amide bonds. The number of phenols is 1. The monoisotopic (exact) mass is 208 g/mol. The van der Waals surface area contributed by atoms with Gasteiger partial charge in [0, 0.05) is 10.8 Å². The number of hydrogen-bond acceptors (Lipinski definition) is 2. The van der Waals surface area contributed by atoms with Gasteiger partial charge in [-0.3, -0.25) is 0 Å². The molecule has 2 rings (SSSR count). The van der Waals surface area contributed by atoms with Crippen LogP contribution >= 0.6 is 11.6 Å². The van der Waals surface area contributed by atoms with E-state index in [4.69, 9.17) is 16.3 Å². The summed E-state index contributed by atoms with van der Waals surface area (Å²) in [6.07, 6.45) is 0. The number of fused-ring (bicyclic) bond motifs is 1. The Hall–Kier alpha value is -1.41. The predicted octanol–water partition coefficient (Wildman–Crippen LogP) is 3.21. The van der Waals surface area contributed by atoms with Crippen molar-refractivity contribution in [3.05, 3.63) is 35.4 Å². The Morgan fingerprint density at radius 1 is 1.21 bits per heavy atom. The molecule has 0 aliphatic carbocycles. The summed E-state index contributed by atoms with van der Waals surface area (Å²) in [5, 5.41) is 11.6. The first-order valence-corrected chi connectivity index (χ1v) is 4.56. The SMILES string of the molecule is COc1ccc(O)c2c(Cl)cccc12. The minimum Gasteiger partial charge on any atom is -0.507 e. The second kappa shape index (κ2) is 3.39. The molecule has 0 aliphatic rings. The van der Waals surface area contributed by atoms with Crippen molar-refractivity contribution in [2.45, 2.75) is 0 Å². The van der Waals surface area contributed by atoms with Crippen LogP contribution in [0.15, 0.2) is 30.3 Å². The van der Waals surface area contributed by atoms with E-state index in [1.165, 1.54) is 0 Å². The van der Waals surface area contributed by atoms with Gasteiger partial charge in [0.25, 0.3) is 0 Å². The van der Waals surface area contributed by atoms with Crippen LogP contribution in [0.4, 0.5) is 0 Å². The van der Waals surface area contributed by atoms with E-state index >= 15 is 0 Å². The number of phenolic OH excluding ortho intramolecular Hbond substituents is 1. The molecule has 0 fully saturated rings. The van der Waals surface area contributed by atoms with E-state index in [9.17, 15) is 5.11 Å². The van der Waals surface area contributed by atoms with Gasteiger partial charge < -0.3 is 9.84 Å². The molecule has 0 unspecified atom stereocenters. The highest BCUT2D eigenvalue weighted by Crippen LogP contribution is 2.36. The molecule has 0 spiro atoms. The Kier molecular flexibility index (Phi) is 2.22. The van der Waals surface area contributed by atoms with Crippen molar-refractivity contribution in [2.75, 3.05) is 7.11 Å². The number of ether oxygens (including phenoxy) is 1. The summed E-state index contributed by atoms with van der Waals surface area (Å²) in [6.45, 7) is 0. The van der Waals surface area contributed by atoms with Crippen LogP contribution in [0.5, 0.6) is 11.5 Å². The van der Waals surface area contributed by atoms with E-state index < -0.39 is 0 Å². The lowest BCUT2D eigenvalue weighted by molar-refractivity contribution is 0.418. The molecule has 0 saturated heterocycles. The van der Waals surface area contributed by atoms with Crippen molar-refractivity contribution in [1.82, 2.24) is 0 Å². The van der Waals surface area contributed by atoms with Crippen molar-refractivity contribution in [3.63, 3.8) is 0 Å². The number of hydrogen-bond donors (Lipinski definition) is 1. The zero-order valence-corrected chi connectivity index (χ0v) is 8.38. The smallest absolute Gasteiger partial charge is 0.127 e. The Morgan fingerprint density at radius 2 is 2.00 bits per heavy atom. The van der Waals surface area contributed by atoms with Gasteiger partial charge >= 0.3 is 0 Å². The van der Waals surface area contributed by atoms with Gasteiger partial charge in [0.1, 0.15) is 11.5 Å². The lowest BCUT2D eigenvalue weighted by Crippen LogP contribution is -1.85. The van der Waals surface area contributed by atoms with Crippen LogP contribution < -0.4 is 4.74 Å². The summed E-state index contributed by atoms with van der Waals surface area (Å²) in [5.41, 5.74) is 0. The minimum atomic E-state index is 0.173. The van der Waals surface area contributed by atoms with Crippen molar-refractivity contribution in [3.8, 4) is 11.5 Å². The summed E-state index contributed by atoms with van der Waals surface area (Å²) in [6, 6.07) is 8.72. The van der Waals surface area contributed by atoms with Gasteiger partial charge in [-0.1, -0.05) is 23.7 Å². The van der Waals surface area contributed by atoms with Gasteiger partial charge in [-0.2, -0.15) is 0 Å². The van der Waals surface area contributed by atoms with E-state index in [0.717, 1.165) is 5.39 Å². The van der Waals surface area contributed by atoms with Gasteiger partial charge in [0.05, 0.1) is 12.1 Å². The normalized spacial score (nSPS) is 10.4. The highest BCUT2D eigenvalue weighted by Gasteiger charge is 2.07. The molecule has 3 heteroatoms. The zero-order chi connectivity index (χ0) is 10.1. The largest absolute Gasteiger partial charge is 0.507 e. The average molecular weight is 209 g/mol. The van der Waals surface area contributed by atoms with Crippen molar-refractivity contribution in [2.24, 2.45) is 0 Å². The summed E-state index contributed by atoms with van der Waals surface area (Å²) in [4.78, 5) is 0. The molecule has 0 heterocycles. The third kappa shape index (κ3) is 1.28. The molecule has 14 heavy (non-hydrogen) atoms. The minimum absolute atomic E-state index is 0.173. The number of benzene rings is 2. The Morgan fingerprint density at radius 3 is 2.71 bits per heavy atom. The van der Waals surface area contributed by atoms with E-state index in [1.54, 1.807) is 25.3 Å². The van der Waals surface area contributed by atoms with Crippen molar-refractivity contribution < 1.29 is 9.84 Å². The lowest BCUT2D eigenvalue weighted by Gasteiger charge is -2.07. The molecule has 72 valence electrons. The first-order valence-electron chi connectivity index (χ1n) is 4.18. The average Bonchev–Trinajstić information content (AvgIpc) is 2.18. The molecule has 1 N–H and O–H groups in total. The molecule has 0 aromatic heterocycles. The van der Waals surface area contributed by atoms with Crippen molar-refractivity contribution >= 4 is 22.4 Å². The topological polar surface area (TPSA) is 29.5 Å². The van der Waals surface area contributed by atoms with Crippen molar-refractivity contribution in [1.29, 1.82) is 0 Å². The molecular formula is C11H9ClO2. The quantitative estimate of drug-likeness (QED) is 0.780. The molecule has 0 saturated carbocycles. The maximum Gasteiger partial charge on any atom is 0.127 e. The van der Waals surface area contributed by atoms with Crippen LogP contribution in [0.3, 0.4) is 0 Å². The van der Waals surface area contributed by atoms with E-state index in [2.05, 4.69) is 0 Å². The fraction of sp³-hybridized carbons (Fsp3) is 0.0909. The summed E-state index contributed by atoms with van der Waals surface area (Å²) < 4.78 is 5.17. The van der Waals surface area contributed by atoms with Gasteiger partial charge in [-0.05, 0) is 18.2 Å². The van der Waals surface area contributed by atoms with Crippen LogP contribution in [0.2, 0.25) is 5.02 Å². The van der Waals surface area contributed by atoms with Gasteiger partial charge in [0.15, 0.2) is 0 Å². The fourth-order valence-corrected chi connectivity index (χ4v) is 1.77. The van der Waals surface area contributed by atoms with Crippen LogP contribution in [-0.4, -0.2) is 12.2 Å². The van der Waals surface area contributed by atoms with Gasteiger partial charge in [-0.15, -0.1) is 0 Å². The summed E-state index contributed by atoms with van der Waals surface area (Å²) in [5.74, 6) is 0.881. The third-order valence-corrected chi connectivity index (χ3v) is 2.46. The molecule has 2 aromatic rings. The maximum absolute atomic E-state index is 9.63. The predicted molar refractivity (Wildman–Crippen MR) is 57.2 cm³/mol. The zero-order valence-electron chi connectivity index (χ0n) is 7.62. The lowest BCUT2D eigenvalue weighted by atomic mass is 10.1. The molecule has 0 aliphatic heterocycles. The van der Waals surface area contributed by atoms with E-state index in [-0.39, 0.29) is 5.75 Å². The highest BCUT2D eigenvalue weighted by molar-refractivity contribution is 6.36. The molecule has 2 aromatic carbocycles. The number of aromatic hydroxyl groups is 1. The number of rotatable bonds is 1. The maximum atomic E-state index is 9.63. The van der Waals surface area contributed by atoms with E-state index in [1.807, 2.05) is 12.1 Å². The Labute approximate surface area is 86.7 Å². The highest BCUT2D eigenvalue weighted by atomic mass is 35.5. The summed E-state index contributed by atoms with van der Waals surface area (Å²) in [7, 11) is 1.59. The first-order chi connectivity index (χ1) is 6.74. The second-order valence-electron chi connectivity index (χ2n) is 2.95. The molecule has 0 atom stereocenters. The molecule has 0 radical (unpaired) electrons. The molecule has 0 bridgehead atoms. The fourth-order valence-electron chi connectivity index (χ4n) is 1.50.